The molecule has 1 aliphatic rings. The molecule has 19 heavy (non-hydrogen) atoms. The van der Waals surface area contributed by atoms with Gasteiger partial charge in [0.1, 0.15) is 0 Å². The van der Waals surface area contributed by atoms with Gasteiger partial charge < -0.3 is 10.0 Å². The standard InChI is InChI=1S/C10H14F4N2O3/c11-8(12)10(13,14)9(19)16-5-3-15(4-6-16)2-1-7(17)18/h8H,1-6H2,(H,17,18). The third-order valence-corrected chi connectivity index (χ3v) is 2.86. The maximum atomic E-state index is 12.8. The first kappa shape index (κ1) is 15.7. The van der Waals surface area contributed by atoms with Crippen LogP contribution in [0.4, 0.5) is 17.6 Å². The number of amides is 1. The molecule has 1 saturated heterocycles. The van der Waals surface area contributed by atoms with Crippen LogP contribution < -0.4 is 0 Å². The van der Waals surface area contributed by atoms with Crippen LogP contribution in [0.25, 0.3) is 0 Å². The van der Waals surface area contributed by atoms with Crippen LogP contribution >= 0.6 is 0 Å². The summed E-state index contributed by atoms with van der Waals surface area (Å²) in [6.45, 7) is 0.404. The summed E-state index contributed by atoms with van der Waals surface area (Å²) in [6.07, 6.45) is -4.12. The number of carboxylic acid groups (broad SMARTS) is 1. The van der Waals surface area contributed by atoms with Crippen LogP contribution in [0.3, 0.4) is 0 Å². The van der Waals surface area contributed by atoms with E-state index >= 15 is 0 Å². The van der Waals surface area contributed by atoms with Crippen LogP contribution in [0.2, 0.25) is 0 Å². The van der Waals surface area contributed by atoms with Gasteiger partial charge in [0, 0.05) is 32.7 Å². The van der Waals surface area contributed by atoms with E-state index in [1.165, 1.54) is 0 Å². The molecule has 1 rings (SSSR count). The largest absolute Gasteiger partial charge is 0.481 e. The molecule has 1 heterocycles. The van der Waals surface area contributed by atoms with Crippen LogP contribution in [-0.4, -0.2) is 71.9 Å². The summed E-state index contributed by atoms with van der Waals surface area (Å²) < 4.78 is 49.7. The zero-order valence-corrected chi connectivity index (χ0v) is 9.99. The SMILES string of the molecule is O=C(O)CCN1CCN(C(=O)C(F)(F)C(F)F)CC1. The number of rotatable bonds is 5. The quantitative estimate of drug-likeness (QED) is 0.748. The molecule has 5 nitrogen and oxygen atoms in total. The van der Waals surface area contributed by atoms with Gasteiger partial charge in [-0.3, -0.25) is 14.5 Å². The van der Waals surface area contributed by atoms with Crippen LogP contribution in [0, 0.1) is 0 Å². The van der Waals surface area contributed by atoms with Gasteiger partial charge in [-0.15, -0.1) is 0 Å². The smallest absolute Gasteiger partial charge is 0.383 e. The lowest BCUT2D eigenvalue weighted by atomic mass is 10.2. The van der Waals surface area contributed by atoms with Gasteiger partial charge in [0.2, 0.25) is 0 Å². The fourth-order valence-corrected chi connectivity index (χ4v) is 1.73. The normalized spacial score (nSPS) is 17.8. The molecule has 0 aromatic carbocycles. The number of alkyl halides is 4. The van der Waals surface area contributed by atoms with Crippen molar-refractivity contribution in [1.29, 1.82) is 0 Å². The number of piperazine rings is 1. The van der Waals surface area contributed by atoms with Gasteiger partial charge in [0.15, 0.2) is 0 Å². The number of nitrogens with zero attached hydrogens (tertiary/aromatic N) is 2. The highest BCUT2D eigenvalue weighted by Gasteiger charge is 2.51. The lowest BCUT2D eigenvalue weighted by Crippen LogP contribution is -2.55. The Balaban J connectivity index is 2.45. The molecule has 1 N–H and O–H groups in total. The highest BCUT2D eigenvalue weighted by molar-refractivity contribution is 5.84. The van der Waals surface area contributed by atoms with Crippen molar-refractivity contribution in [1.82, 2.24) is 9.80 Å². The Morgan fingerprint density at radius 3 is 2.11 bits per heavy atom. The number of carboxylic acids is 1. The third-order valence-electron chi connectivity index (χ3n) is 2.86. The van der Waals surface area contributed by atoms with Crippen molar-refractivity contribution in [2.24, 2.45) is 0 Å². The van der Waals surface area contributed by atoms with Gasteiger partial charge in [0.05, 0.1) is 6.42 Å². The number of hydrogen-bond donors (Lipinski definition) is 1. The molecule has 0 bridgehead atoms. The summed E-state index contributed by atoms with van der Waals surface area (Å²) >= 11 is 0. The van der Waals surface area contributed by atoms with E-state index in [1.54, 1.807) is 4.90 Å². The molecule has 110 valence electrons. The summed E-state index contributed by atoms with van der Waals surface area (Å²) in [6, 6.07) is 0. The van der Waals surface area contributed by atoms with Crippen LogP contribution in [-0.2, 0) is 9.59 Å². The minimum atomic E-state index is -4.66. The molecular formula is C10H14F4N2O3. The van der Waals surface area contributed by atoms with Crippen molar-refractivity contribution >= 4 is 11.9 Å². The highest BCUT2D eigenvalue weighted by Crippen LogP contribution is 2.25. The molecule has 0 aliphatic carbocycles. The van der Waals surface area contributed by atoms with Crippen molar-refractivity contribution in [3.05, 3.63) is 0 Å². The molecule has 0 radical (unpaired) electrons. The van der Waals surface area contributed by atoms with E-state index in [9.17, 15) is 27.2 Å². The van der Waals surface area contributed by atoms with Crippen LogP contribution in [0.15, 0.2) is 0 Å². The average Bonchev–Trinajstić information content (AvgIpc) is 2.35. The van der Waals surface area contributed by atoms with E-state index in [0.29, 0.717) is 4.90 Å². The molecule has 1 fully saturated rings. The first-order valence-electron chi connectivity index (χ1n) is 5.64. The fraction of sp³-hybridized carbons (Fsp3) is 0.800. The third kappa shape index (κ3) is 4.05. The summed E-state index contributed by atoms with van der Waals surface area (Å²) in [4.78, 5) is 23.9. The van der Waals surface area contributed by atoms with Crippen molar-refractivity contribution in [2.45, 2.75) is 18.8 Å². The molecule has 0 aromatic rings. The van der Waals surface area contributed by atoms with Gasteiger partial charge >= 0.3 is 18.3 Å². The second kappa shape index (κ2) is 6.18. The lowest BCUT2D eigenvalue weighted by molar-refractivity contribution is -0.182. The van der Waals surface area contributed by atoms with E-state index in [-0.39, 0.29) is 39.1 Å². The Morgan fingerprint density at radius 2 is 1.68 bits per heavy atom. The monoisotopic (exact) mass is 286 g/mol. The lowest BCUT2D eigenvalue weighted by Gasteiger charge is -2.35. The van der Waals surface area contributed by atoms with Gasteiger partial charge in [-0.2, -0.15) is 8.78 Å². The molecule has 1 aliphatic heterocycles. The van der Waals surface area contributed by atoms with Crippen LogP contribution in [0.1, 0.15) is 6.42 Å². The zero-order chi connectivity index (χ0) is 14.6. The van der Waals surface area contributed by atoms with E-state index in [0.717, 1.165) is 0 Å². The molecule has 1 amide bonds. The van der Waals surface area contributed by atoms with E-state index in [4.69, 9.17) is 5.11 Å². The fourth-order valence-electron chi connectivity index (χ4n) is 1.73. The first-order chi connectivity index (χ1) is 8.75. The molecule has 9 heteroatoms. The molecular weight excluding hydrogens is 272 g/mol. The van der Waals surface area contributed by atoms with Crippen molar-refractivity contribution < 1.29 is 32.3 Å². The van der Waals surface area contributed by atoms with Gasteiger partial charge in [0.25, 0.3) is 5.91 Å². The minimum absolute atomic E-state index is 0.0961. The summed E-state index contributed by atoms with van der Waals surface area (Å²) in [7, 11) is 0. The number of halogens is 4. The highest BCUT2D eigenvalue weighted by atomic mass is 19.3. The summed E-state index contributed by atoms with van der Waals surface area (Å²) in [5.74, 6) is -7.52. The van der Waals surface area contributed by atoms with Crippen molar-refractivity contribution in [2.75, 3.05) is 32.7 Å². The van der Waals surface area contributed by atoms with Gasteiger partial charge in [-0.05, 0) is 0 Å². The minimum Gasteiger partial charge on any atom is -0.481 e. The van der Waals surface area contributed by atoms with Gasteiger partial charge in [-0.25, -0.2) is 8.78 Å². The summed E-state index contributed by atoms with van der Waals surface area (Å²) in [5, 5.41) is 8.48. The van der Waals surface area contributed by atoms with E-state index in [1.807, 2.05) is 0 Å². The Morgan fingerprint density at radius 1 is 1.16 bits per heavy atom. The molecule has 0 unspecified atom stereocenters. The van der Waals surface area contributed by atoms with Crippen LogP contribution in [0.5, 0.6) is 0 Å². The second-order valence-corrected chi connectivity index (χ2v) is 4.20. The number of aliphatic carboxylic acids is 1. The summed E-state index contributed by atoms with van der Waals surface area (Å²) in [5.41, 5.74) is 0. The number of hydrogen-bond acceptors (Lipinski definition) is 3. The van der Waals surface area contributed by atoms with E-state index in [2.05, 4.69) is 0 Å². The van der Waals surface area contributed by atoms with Gasteiger partial charge in [-0.1, -0.05) is 0 Å². The topological polar surface area (TPSA) is 60.9 Å². The first-order valence-corrected chi connectivity index (χ1v) is 5.64. The number of carbonyl (C=O) groups is 2. The van der Waals surface area contributed by atoms with E-state index < -0.39 is 24.2 Å². The Kier molecular flexibility index (Phi) is 5.10. The molecule has 0 aromatic heterocycles. The Bertz CT molecular complexity index is 344. The maximum absolute atomic E-state index is 12.8. The number of carbonyl (C=O) groups excluding carboxylic acids is 1. The average molecular weight is 286 g/mol. The maximum Gasteiger partial charge on any atom is 0.383 e. The predicted octanol–water partition coefficient (Wildman–Crippen LogP) is 0.506. The van der Waals surface area contributed by atoms with Crippen molar-refractivity contribution in [3.63, 3.8) is 0 Å². The van der Waals surface area contributed by atoms with Crippen molar-refractivity contribution in [3.8, 4) is 0 Å². The Labute approximate surface area is 106 Å². The second-order valence-electron chi connectivity index (χ2n) is 4.20. The molecule has 0 atom stereocenters. The predicted molar refractivity (Wildman–Crippen MR) is 56.2 cm³/mol. The zero-order valence-electron chi connectivity index (χ0n) is 9.99. The molecule has 0 saturated carbocycles. The Hall–Kier alpha value is -1.38. The molecule has 0 spiro atoms.